The Morgan fingerprint density at radius 2 is 2.00 bits per heavy atom. The third kappa shape index (κ3) is 6.39. The molecule has 3 rings (SSSR count). The van der Waals surface area contributed by atoms with Crippen LogP contribution in [0.25, 0.3) is 0 Å². The first kappa shape index (κ1) is 22.0. The highest BCUT2D eigenvalue weighted by molar-refractivity contribution is 6.04. The van der Waals surface area contributed by atoms with Crippen LogP contribution in [0.3, 0.4) is 0 Å². The second-order valence-corrected chi connectivity index (χ2v) is 8.47. The van der Waals surface area contributed by atoms with Gasteiger partial charge >= 0.3 is 0 Å². The van der Waals surface area contributed by atoms with Crippen LogP contribution in [0.1, 0.15) is 54.6 Å². The average molecular weight is 409 g/mol. The van der Waals surface area contributed by atoms with E-state index in [9.17, 15) is 9.59 Å². The zero-order valence-electron chi connectivity index (χ0n) is 18.1. The van der Waals surface area contributed by atoms with Gasteiger partial charge in [-0.15, -0.1) is 0 Å². The van der Waals surface area contributed by atoms with E-state index in [0.29, 0.717) is 5.56 Å². The van der Waals surface area contributed by atoms with Crippen LogP contribution in [-0.2, 0) is 11.3 Å². The lowest BCUT2D eigenvalue weighted by atomic mass is 9.99. The van der Waals surface area contributed by atoms with Crippen LogP contribution in [-0.4, -0.2) is 40.8 Å². The van der Waals surface area contributed by atoms with Crippen LogP contribution < -0.4 is 10.6 Å². The van der Waals surface area contributed by atoms with Crippen molar-refractivity contribution in [3.05, 3.63) is 59.4 Å². The van der Waals surface area contributed by atoms with E-state index in [0.717, 1.165) is 55.7 Å². The van der Waals surface area contributed by atoms with E-state index in [1.54, 1.807) is 12.4 Å². The maximum absolute atomic E-state index is 12.5. The predicted molar refractivity (Wildman–Crippen MR) is 119 cm³/mol. The Bertz CT molecular complexity index is 881. The summed E-state index contributed by atoms with van der Waals surface area (Å²) in [5.74, 6) is 0.130. The summed E-state index contributed by atoms with van der Waals surface area (Å²) < 4.78 is 0. The molecule has 2 aromatic rings. The molecule has 1 aromatic carbocycles. The third-order valence-electron chi connectivity index (χ3n) is 5.35. The molecule has 2 N–H and O–H groups in total. The first-order valence-electron chi connectivity index (χ1n) is 10.8. The highest BCUT2D eigenvalue weighted by Crippen LogP contribution is 2.21. The van der Waals surface area contributed by atoms with E-state index in [4.69, 9.17) is 0 Å². The van der Waals surface area contributed by atoms with Crippen molar-refractivity contribution in [1.29, 1.82) is 0 Å². The van der Waals surface area contributed by atoms with Crippen LogP contribution in [0.4, 0.5) is 5.69 Å². The molecule has 0 spiro atoms. The van der Waals surface area contributed by atoms with Gasteiger partial charge in [0.2, 0.25) is 5.91 Å². The lowest BCUT2D eigenvalue weighted by Crippen LogP contribution is -2.36. The zero-order chi connectivity index (χ0) is 21.5. The minimum absolute atomic E-state index is 0.103. The molecule has 1 atom stereocenters. The standard InChI is InChI=1S/C24H32N4O2/c1-17(2)26-23(29)20-7-5-10-28(11-9-20)16-19-6-4-8-22(13-19)27-24(30)21-12-18(3)14-25-15-21/h4,6,8,12-15,17,20H,5,7,9-11,16H2,1-3H3,(H,26,29)(H,27,30). The summed E-state index contributed by atoms with van der Waals surface area (Å²) in [5, 5.41) is 6.01. The number of amides is 2. The molecule has 0 aliphatic carbocycles. The Morgan fingerprint density at radius 3 is 2.77 bits per heavy atom. The molecule has 1 aliphatic heterocycles. The molecular formula is C24H32N4O2. The van der Waals surface area contributed by atoms with E-state index in [1.165, 1.54) is 0 Å². The molecule has 1 unspecified atom stereocenters. The van der Waals surface area contributed by atoms with Gasteiger partial charge in [0.15, 0.2) is 0 Å². The van der Waals surface area contributed by atoms with E-state index in [2.05, 4.69) is 26.6 Å². The maximum atomic E-state index is 12.5. The molecule has 2 heterocycles. The highest BCUT2D eigenvalue weighted by atomic mass is 16.2. The Morgan fingerprint density at radius 1 is 1.17 bits per heavy atom. The Labute approximate surface area is 179 Å². The second-order valence-electron chi connectivity index (χ2n) is 8.47. The Balaban J connectivity index is 1.57. The van der Waals surface area contributed by atoms with E-state index in [-0.39, 0.29) is 23.8 Å². The minimum Gasteiger partial charge on any atom is -0.354 e. The zero-order valence-corrected chi connectivity index (χ0v) is 18.1. The maximum Gasteiger partial charge on any atom is 0.257 e. The first-order valence-corrected chi connectivity index (χ1v) is 10.8. The van der Waals surface area contributed by atoms with Crippen LogP contribution in [0.5, 0.6) is 0 Å². The van der Waals surface area contributed by atoms with E-state index < -0.39 is 0 Å². The summed E-state index contributed by atoms with van der Waals surface area (Å²) in [7, 11) is 0. The molecule has 1 aliphatic rings. The molecule has 30 heavy (non-hydrogen) atoms. The van der Waals surface area contributed by atoms with Gasteiger partial charge < -0.3 is 10.6 Å². The van der Waals surface area contributed by atoms with Crippen LogP contribution >= 0.6 is 0 Å². The van der Waals surface area contributed by atoms with Crippen molar-refractivity contribution in [2.45, 2.75) is 52.6 Å². The van der Waals surface area contributed by atoms with Gasteiger partial charge in [-0.3, -0.25) is 19.5 Å². The van der Waals surface area contributed by atoms with Crippen molar-refractivity contribution in [3.8, 4) is 0 Å². The molecule has 0 saturated carbocycles. The quantitative estimate of drug-likeness (QED) is 0.763. The lowest BCUT2D eigenvalue weighted by Gasteiger charge is -2.21. The molecule has 160 valence electrons. The van der Waals surface area contributed by atoms with Crippen molar-refractivity contribution in [3.63, 3.8) is 0 Å². The van der Waals surface area contributed by atoms with Crippen molar-refractivity contribution in [2.24, 2.45) is 5.92 Å². The fourth-order valence-corrected chi connectivity index (χ4v) is 3.87. The number of hydrogen-bond donors (Lipinski definition) is 2. The second kappa shape index (κ2) is 10.3. The smallest absolute Gasteiger partial charge is 0.257 e. The number of hydrogen-bond acceptors (Lipinski definition) is 4. The number of aryl methyl sites for hydroxylation is 1. The van der Waals surface area contributed by atoms with Crippen LogP contribution in [0.2, 0.25) is 0 Å². The SMILES string of the molecule is Cc1cncc(C(=O)Nc2cccc(CN3CCCC(C(=O)NC(C)C)CC3)c2)c1. The van der Waals surface area contributed by atoms with Gasteiger partial charge in [0.05, 0.1) is 5.56 Å². The van der Waals surface area contributed by atoms with Gasteiger partial charge in [0, 0.05) is 36.6 Å². The summed E-state index contributed by atoms with van der Waals surface area (Å²) in [4.78, 5) is 31.3. The Kier molecular flexibility index (Phi) is 7.57. The number of pyridine rings is 1. The summed E-state index contributed by atoms with van der Waals surface area (Å²) in [6, 6.07) is 9.99. The fourth-order valence-electron chi connectivity index (χ4n) is 3.87. The minimum atomic E-state index is -0.155. The first-order chi connectivity index (χ1) is 14.4. The van der Waals surface area contributed by atoms with Crippen molar-refractivity contribution in [2.75, 3.05) is 18.4 Å². The number of anilines is 1. The number of likely N-dealkylation sites (tertiary alicyclic amines) is 1. The largest absolute Gasteiger partial charge is 0.354 e. The monoisotopic (exact) mass is 408 g/mol. The number of benzene rings is 1. The number of nitrogens with zero attached hydrogens (tertiary/aromatic N) is 2. The van der Waals surface area contributed by atoms with Crippen LogP contribution in [0, 0.1) is 12.8 Å². The van der Waals surface area contributed by atoms with E-state index >= 15 is 0 Å². The molecule has 0 bridgehead atoms. The molecule has 6 nitrogen and oxygen atoms in total. The van der Waals surface area contributed by atoms with Crippen molar-refractivity contribution >= 4 is 17.5 Å². The Hall–Kier alpha value is -2.73. The number of carbonyl (C=O) groups excluding carboxylic acids is 2. The van der Waals surface area contributed by atoms with Crippen molar-refractivity contribution < 1.29 is 9.59 Å². The van der Waals surface area contributed by atoms with E-state index in [1.807, 2.05) is 45.0 Å². The molecule has 0 radical (unpaired) electrons. The molecular weight excluding hydrogens is 376 g/mol. The summed E-state index contributed by atoms with van der Waals surface area (Å²) in [5.41, 5.74) is 3.44. The average Bonchev–Trinajstić information content (AvgIpc) is 2.93. The highest BCUT2D eigenvalue weighted by Gasteiger charge is 2.23. The predicted octanol–water partition coefficient (Wildman–Crippen LogP) is 3.77. The number of aromatic nitrogens is 1. The number of rotatable bonds is 6. The fraction of sp³-hybridized carbons (Fsp3) is 0.458. The topological polar surface area (TPSA) is 74.3 Å². The normalized spacial score (nSPS) is 17.4. The lowest BCUT2D eigenvalue weighted by molar-refractivity contribution is -0.125. The molecule has 1 aromatic heterocycles. The van der Waals surface area contributed by atoms with Crippen LogP contribution in [0.15, 0.2) is 42.7 Å². The molecule has 1 saturated heterocycles. The summed E-state index contributed by atoms with van der Waals surface area (Å²) >= 11 is 0. The van der Waals surface area contributed by atoms with Gasteiger partial charge in [-0.25, -0.2) is 0 Å². The third-order valence-corrected chi connectivity index (χ3v) is 5.35. The van der Waals surface area contributed by atoms with Gasteiger partial charge in [0.25, 0.3) is 5.91 Å². The van der Waals surface area contributed by atoms with Gasteiger partial charge in [-0.05, 0) is 82.4 Å². The number of carbonyl (C=O) groups is 2. The van der Waals surface area contributed by atoms with Gasteiger partial charge in [-0.2, -0.15) is 0 Å². The van der Waals surface area contributed by atoms with Gasteiger partial charge in [-0.1, -0.05) is 12.1 Å². The molecule has 2 amide bonds. The van der Waals surface area contributed by atoms with Crippen molar-refractivity contribution in [1.82, 2.24) is 15.2 Å². The summed E-state index contributed by atoms with van der Waals surface area (Å²) in [6.07, 6.45) is 6.16. The molecule has 6 heteroatoms. The van der Waals surface area contributed by atoms with Gasteiger partial charge in [0.1, 0.15) is 0 Å². The molecule has 1 fully saturated rings. The number of nitrogens with one attached hydrogen (secondary N) is 2. The summed E-state index contributed by atoms with van der Waals surface area (Å²) in [6.45, 7) is 8.62.